The zero-order valence-electron chi connectivity index (χ0n) is 11.1. The molecule has 6 heteroatoms. The van der Waals surface area contributed by atoms with Crippen molar-refractivity contribution in [3.63, 3.8) is 0 Å². The van der Waals surface area contributed by atoms with E-state index in [4.69, 9.17) is 15.6 Å². The molecule has 1 atom stereocenters. The largest absolute Gasteiger partial charge is 0.479 e. The average Bonchev–Trinajstić information content (AvgIpc) is 2.39. The number of carbonyl (C=O) groups excluding carboxylic acids is 1. The molecule has 1 heterocycles. The Morgan fingerprint density at radius 3 is 2.63 bits per heavy atom. The molecular weight excluding hydrogens is 248 g/mol. The Hall–Kier alpha value is -1.14. The first-order valence-electron chi connectivity index (χ1n) is 6.91. The van der Waals surface area contributed by atoms with Crippen LogP contribution in [0.15, 0.2) is 0 Å². The van der Waals surface area contributed by atoms with E-state index < -0.39 is 17.6 Å². The highest BCUT2D eigenvalue weighted by Crippen LogP contribution is 2.29. The van der Waals surface area contributed by atoms with Crippen LogP contribution in [0.5, 0.6) is 0 Å². The third kappa shape index (κ3) is 3.67. The molecule has 0 aromatic heterocycles. The van der Waals surface area contributed by atoms with Crippen LogP contribution in [0.25, 0.3) is 0 Å². The molecule has 0 aromatic rings. The van der Waals surface area contributed by atoms with Gasteiger partial charge in [0.2, 0.25) is 5.91 Å². The summed E-state index contributed by atoms with van der Waals surface area (Å²) in [6, 6.07) is 0. The van der Waals surface area contributed by atoms with Gasteiger partial charge in [-0.15, -0.1) is 0 Å². The molecule has 1 amide bonds. The first-order valence-corrected chi connectivity index (χ1v) is 6.91. The van der Waals surface area contributed by atoms with Crippen molar-refractivity contribution in [1.82, 2.24) is 4.90 Å². The van der Waals surface area contributed by atoms with Crippen LogP contribution in [0.4, 0.5) is 0 Å². The molecule has 6 nitrogen and oxygen atoms in total. The summed E-state index contributed by atoms with van der Waals surface area (Å²) in [6.07, 6.45) is 4.51. The summed E-state index contributed by atoms with van der Waals surface area (Å²) >= 11 is 0. The van der Waals surface area contributed by atoms with Crippen LogP contribution in [-0.2, 0) is 14.3 Å². The third-order valence-electron chi connectivity index (χ3n) is 4.05. The molecule has 1 aliphatic carbocycles. The number of hydrogen-bond acceptors (Lipinski definition) is 4. The number of carboxylic acid groups (broad SMARTS) is 1. The number of rotatable bonds is 3. The first kappa shape index (κ1) is 14.3. The van der Waals surface area contributed by atoms with Gasteiger partial charge in [0.1, 0.15) is 0 Å². The van der Waals surface area contributed by atoms with E-state index in [0.29, 0.717) is 13.0 Å². The maximum absolute atomic E-state index is 12.2. The molecule has 2 fully saturated rings. The van der Waals surface area contributed by atoms with Crippen molar-refractivity contribution in [3.05, 3.63) is 0 Å². The van der Waals surface area contributed by atoms with Gasteiger partial charge in [0.15, 0.2) is 6.10 Å². The minimum absolute atomic E-state index is 0.0426. The monoisotopic (exact) mass is 270 g/mol. The lowest BCUT2D eigenvalue weighted by Crippen LogP contribution is -2.52. The van der Waals surface area contributed by atoms with Crippen LogP contribution >= 0.6 is 0 Å². The number of nitrogens with zero attached hydrogens (tertiary/aromatic N) is 1. The summed E-state index contributed by atoms with van der Waals surface area (Å²) < 4.78 is 5.11. The van der Waals surface area contributed by atoms with E-state index in [1.54, 1.807) is 4.90 Å². The van der Waals surface area contributed by atoms with Crippen molar-refractivity contribution in [3.8, 4) is 0 Å². The molecule has 2 aliphatic rings. The fourth-order valence-electron chi connectivity index (χ4n) is 2.87. The lowest BCUT2D eigenvalue weighted by atomic mass is 9.80. The molecule has 0 radical (unpaired) electrons. The Bertz CT molecular complexity index is 353. The predicted octanol–water partition coefficient (Wildman–Crippen LogP) is 0.350. The lowest BCUT2D eigenvalue weighted by molar-refractivity contribution is -0.159. The Morgan fingerprint density at radius 1 is 1.32 bits per heavy atom. The second-order valence-corrected chi connectivity index (χ2v) is 5.64. The van der Waals surface area contributed by atoms with Crippen LogP contribution < -0.4 is 5.73 Å². The summed E-state index contributed by atoms with van der Waals surface area (Å²) in [6.45, 7) is 0.864. The number of hydrogen-bond donors (Lipinski definition) is 2. The maximum atomic E-state index is 12.2. The van der Waals surface area contributed by atoms with Crippen LogP contribution in [0, 0.1) is 0 Å². The molecule has 1 aliphatic heterocycles. The standard InChI is InChI=1S/C13H22N2O4/c14-13(4-2-1-3-5-13)8-11(16)15-6-7-19-10(9-15)12(17)18/h10H,1-9,14H2,(H,17,18). The molecule has 1 unspecified atom stereocenters. The molecule has 1 saturated carbocycles. The van der Waals surface area contributed by atoms with Crippen molar-refractivity contribution in [1.29, 1.82) is 0 Å². The number of ether oxygens (including phenoxy) is 1. The summed E-state index contributed by atoms with van der Waals surface area (Å²) in [5, 5.41) is 8.92. The fourth-order valence-corrected chi connectivity index (χ4v) is 2.87. The summed E-state index contributed by atoms with van der Waals surface area (Å²) in [5.74, 6) is -1.06. The highest BCUT2D eigenvalue weighted by molar-refractivity contribution is 5.79. The van der Waals surface area contributed by atoms with Gasteiger partial charge in [-0.1, -0.05) is 19.3 Å². The minimum atomic E-state index is -1.02. The Morgan fingerprint density at radius 2 is 2.00 bits per heavy atom. The number of aliphatic carboxylic acids is 1. The van der Waals surface area contributed by atoms with Crippen LogP contribution in [-0.4, -0.2) is 53.2 Å². The van der Waals surface area contributed by atoms with Crippen LogP contribution in [0.3, 0.4) is 0 Å². The van der Waals surface area contributed by atoms with Gasteiger partial charge in [-0.05, 0) is 12.8 Å². The van der Waals surface area contributed by atoms with Gasteiger partial charge in [-0.25, -0.2) is 4.79 Å². The quantitative estimate of drug-likeness (QED) is 0.772. The topological polar surface area (TPSA) is 92.9 Å². The van der Waals surface area contributed by atoms with E-state index in [1.165, 1.54) is 6.42 Å². The van der Waals surface area contributed by atoms with Gasteiger partial charge < -0.3 is 20.5 Å². The SMILES string of the molecule is NC1(CC(=O)N2CCOC(C(=O)O)C2)CCCCC1. The van der Waals surface area contributed by atoms with Crippen molar-refractivity contribution >= 4 is 11.9 Å². The molecule has 3 N–H and O–H groups in total. The third-order valence-corrected chi connectivity index (χ3v) is 4.05. The fraction of sp³-hybridized carbons (Fsp3) is 0.846. The van der Waals surface area contributed by atoms with Gasteiger partial charge >= 0.3 is 5.97 Å². The van der Waals surface area contributed by atoms with E-state index in [0.717, 1.165) is 25.7 Å². The lowest BCUT2D eigenvalue weighted by Gasteiger charge is -2.37. The summed E-state index contributed by atoms with van der Waals surface area (Å²) in [5.41, 5.74) is 5.87. The number of carbonyl (C=O) groups is 2. The molecule has 108 valence electrons. The molecule has 0 spiro atoms. The first-order chi connectivity index (χ1) is 9.00. The average molecular weight is 270 g/mol. The normalized spacial score (nSPS) is 27.0. The Labute approximate surface area is 112 Å². The minimum Gasteiger partial charge on any atom is -0.479 e. The van der Waals surface area contributed by atoms with Crippen molar-refractivity contribution < 1.29 is 19.4 Å². The second kappa shape index (κ2) is 5.88. The van der Waals surface area contributed by atoms with E-state index >= 15 is 0 Å². The Kier molecular flexibility index (Phi) is 4.42. The predicted molar refractivity (Wildman–Crippen MR) is 68.6 cm³/mol. The maximum Gasteiger partial charge on any atom is 0.334 e. The number of carboxylic acids is 1. The Balaban J connectivity index is 1.90. The molecule has 1 saturated heterocycles. The van der Waals surface area contributed by atoms with Crippen molar-refractivity contribution in [2.45, 2.75) is 50.2 Å². The highest BCUT2D eigenvalue weighted by Gasteiger charge is 2.34. The van der Waals surface area contributed by atoms with Gasteiger partial charge in [0, 0.05) is 18.5 Å². The van der Waals surface area contributed by atoms with Gasteiger partial charge in [-0.2, -0.15) is 0 Å². The van der Waals surface area contributed by atoms with Gasteiger partial charge in [-0.3, -0.25) is 4.79 Å². The van der Waals surface area contributed by atoms with E-state index in [1.807, 2.05) is 0 Å². The van der Waals surface area contributed by atoms with E-state index in [2.05, 4.69) is 0 Å². The number of morpholine rings is 1. The highest BCUT2D eigenvalue weighted by atomic mass is 16.5. The second-order valence-electron chi connectivity index (χ2n) is 5.64. The molecule has 2 rings (SSSR count). The smallest absolute Gasteiger partial charge is 0.334 e. The van der Waals surface area contributed by atoms with Crippen LogP contribution in [0.1, 0.15) is 38.5 Å². The van der Waals surface area contributed by atoms with E-state index in [-0.39, 0.29) is 19.1 Å². The van der Waals surface area contributed by atoms with Crippen molar-refractivity contribution in [2.24, 2.45) is 5.73 Å². The summed E-state index contributed by atoms with van der Waals surface area (Å²) in [4.78, 5) is 24.7. The molecule has 0 bridgehead atoms. The van der Waals surface area contributed by atoms with Crippen molar-refractivity contribution in [2.75, 3.05) is 19.7 Å². The van der Waals surface area contributed by atoms with Gasteiger partial charge in [0.25, 0.3) is 0 Å². The zero-order chi connectivity index (χ0) is 13.9. The zero-order valence-corrected chi connectivity index (χ0v) is 11.1. The van der Waals surface area contributed by atoms with Crippen LogP contribution in [0.2, 0.25) is 0 Å². The van der Waals surface area contributed by atoms with E-state index in [9.17, 15) is 9.59 Å². The molecule has 0 aromatic carbocycles. The summed E-state index contributed by atoms with van der Waals surface area (Å²) in [7, 11) is 0. The molecular formula is C13H22N2O4. The molecule has 19 heavy (non-hydrogen) atoms. The van der Waals surface area contributed by atoms with Gasteiger partial charge in [0.05, 0.1) is 13.2 Å². The number of nitrogens with two attached hydrogens (primary N) is 1. The number of amides is 1.